The van der Waals surface area contributed by atoms with Gasteiger partial charge in [-0.05, 0) is 57.0 Å². The molecule has 0 saturated heterocycles. The number of aryl methyl sites for hydroxylation is 2. The second-order valence-corrected chi connectivity index (χ2v) is 9.23. The molecule has 4 rings (SSSR count). The van der Waals surface area contributed by atoms with Gasteiger partial charge in [-0.2, -0.15) is 0 Å². The number of rotatable bonds is 8. The molecule has 1 aromatic carbocycles. The first-order chi connectivity index (χ1) is 18.1. The third-order valence-electron chi connectivity index (χ3n) is 7.05. The minimum absolute atomic E-state index is 0. The third kappa shape index (κ3) is 5.32. The number of hydrogen-bond acceptors (Lipinski definition) is 7. The number of nitrogens with zero attached hydrogens (tertiary/aromatic N) is 5. The molecule has 3 aromatic rings. The molecule has 2 aromatic heterocycles. The summed E-state index contributed by atoms with van der Waals surface area (Å²) in [5.41, 5.74) is 2.07. The molecule has 1 aliphatic rings. The van der Waals surface area contributed by atoms with Crippen LogP contribution in [0.15, 0.2) is 58.4 Å². The Morgan fingerprint density at radius 1 is 0.949 bits per heavy atom. The van der Waals surface area contributed by atoms with Gasteiger partial charge >= 0.3 is 23.0 Å². The molecule has 1 radical (unpaired) electrons. The second-order valence-electron chi connectivity index (χ2n) is 9.23. The summed E-state index contributed by atoms with van der Waals surface area (Å²) < 4.78 is 8.90. The SMILES string of the molecule is CCC(CC)N1C(=O)c2cccc(N=NC(C(=O)Oc3ccc(C)n3C)=C(O)c3ccc(C)n3C)c2C1=O.[Cu+2]. The van der Waals surface area contributed by atoms with Crippen molar-refractivity contribution in [1.29, 1.82) is 0 Å². The van der Waals surface area contributed by atoms with Crippen molar-refractivity contribution in [3.63, 3.8) is 0 Å². The first-order valence-corrected chi connectivity index (χ1v) is 12.4. The summed E-state index contributed by atoms with van der Waals surface area (Å²) in [7, 11) is 3.48. The number of aliphatic hydroxyl groups excluding tert-OH is 1. The molecule has 207 valence electrons. The summed E-state index contributed by atoms with van der Waals surface area (Å²) in [6.45, 7) is 7.55. The standard InChI is InChI=1S/C28H31N5O5.Cu/c1-7-18(8-2)33-26(35)19-10-9-11-20(23(19)27(33)36)29-30-24(25(34)21-14-12-16(3)31(21)5)28(37)38-22-15-13-17(4)32(22)6;/h9-15,18,34H,7-8H2,1-6H3;/q;+2. The second kappa shape index (κ2) is 11.8. The fourth-order valence-electron chi connectivity index (χ4n) is 4.45. The maximum absolute atomic E-state index is 13.3. The van der Waals surface area contributed by atoms with Crippen LogP contribution in [0.2, 0.25) is 0 Å². The number of ether oxygens (including phenoxy) is 1. The van der Waals surface area contributed by atoms with Gasteiger partial charge in [-0.25, -0.2) is 4.79 Å². The van der Waals surface area contributed by atoms with Gasteiger partial charge < -0.3 is 19.0 Å². The van der Waals surface area contributed by atoms with Gasteiger partial charge in [0.1, 0.15) is 0 Å². The van der Waals surface area contributed by atoms with E-state index in [9.17, 15) is 19.5 Å². The van der Waals surface area contributed by atoms with Gasteiger partial charge in [-0.15, -0.1) is 10.2 Å². The van der Waals surface area contributed by atoms with E-state index in [2.05, 4.69) is 10.2 Å². The number of benzene rings is 1. The Hall–Kier alpha value is -3.95. The topological polar surface area (TPSA) is 118 Å². The molecule has 0 saturated carbocycles. The summed E-state index contributed by atoms with van der Waals surface area (Å²) in [6.07, 6.45) is 1.25. The molecule has 0 bridgehead atoms. The fraction of sp³-hybridized carbons (Fsp3) is 0.321. The first-order valence-electron chi connectivity index (χ1n) is 12.4. The van der Waals surface area contributed by atoms with Crippen LogP contribution >= 0.6 is 0 Å². The number of azo groups is 1. The van der Waals surface area contributed by atoms with E-state index in [1.807, 2.05) is 27.7 Å². The summed E-state index contributed by atoms with van der Waals surface area (Å²) in [6, 6.07) is 11.3. The number of fused-ring (bicyclic) bond motifs is 1. The molecule has 0 aliphatic carbocycles. The average Bonchev–Trinajstić information content (AvgIpc) is 3.49. The van der Waals surface area contributed by atoms with Crippen LogP contribution in [0.3, 0.4) is 0 Å². The Labute approximate surface area is 237 Å². The summed E-state index contributed by atoms with van der Waals surface area (Å²) in [4.78, 5) is 40.8. The van der Waals surface area contributed by atoms with E-state index >= 15 is 0 Å². The molecule has 2 amide bonds. The minimum Gasteiger partial charge on any atom is -0.504 e. The fourth-order valence-corrected chi connectivity index (χ4v) is 4.45. The van der Waals surface area contributed by atoms with Crippen LogP contribution in [0.1, 0.15) is 64.5 Å². The van der Waals surface area contributed by atoms with Crippen molar-refractivity contribution in [3.8, 4) is 5.88 Å². The van der Waals surface area contributed by atoms with E-state index < -0.39 is 23.3 Å². The zero-order valence-corrected chi connectivity index (χ0v) is 23.6. The van der Waals surface area contributed by atoms with Crippen molar-refractivity contribution in [1.82, 2.24) is 14.0 Å². The number of amides is 2. The van der Waals surface area contributed by atoms with Crippen LogP contribution in [0, 0.1) is 13.8 Å². The van der Waals surface area contributed by atoms with Crippen molar-refractivity contribution in [3.05, 3.63) is 76.4 Å². The molecule has 39 heavy (non-hydrogen) atoms. The normalized spacial score (nSPS) is 13.7. The van der Waals surface area contributed by atoms with Crippen LogP contribution < -0.4 is 4.74 Å². The van der Waals surface area contributed by atoms with Crippen LogP contribution in [-0.4, -0.2) is 43.0 Å². The molecule has 0 fully saturated rings. The number of carbonyl (C=O) groups excluding carboxylic acids is 3. The van der Waals surface area contributed by atoms with Gasteiger partial charge in [-0.3, -0.25) is 14.5 Å². The number of hydrogen-bond donors (Lipinski definition) is 1. The molecule has 1 N–H and O–H groups in total. The Morgan fingerprint density at radius 2 is 1.59 bits per heavy atom. The van der Waals surface area contributed by atoms with Crippen molar-refractivity contribution in [2.75, 3.05) is 0 Å². The third-order valence-corrected chi connectivity index (χ3v) is 7.05. The summed E-state index contributed by atoms with van der Waals surface area (Å²) >= 11 is 0. The molecule has 3 heterocycles. The number of imide groups is 1. The average molecular weight is 581 g/mol. The van der Waals surface area contributed by atoms with Gasteiger partial charge in [0.2, 0.25) is 11.6 Å². The van der Waals surface area contributed by atoms with E-state index in [1.54, 1.807) is 59.6 Å². The predicted octanol–water partition coefficient (Wildman–Crippen LogP) is 5.38. The molecular formula is C28H31CuN5O5+2. The van der Waals surface area contributed by atoms with E-state index in [0.29, 0.717) is 18.5 Å². The summed E-state index contributed by atoms with van der Waals surface area (Å²) in [5.74, 6) is -1.94. The van der Waals surface area contributed by atoms with Crippen molar-refractivity contribution >= 4 is 29.2 Å². The Morgan fingerprint density at radius 3 is 2.15 bits per heavy atom. The molecule has 0 spiro atoms. The smallest absolute Gasteiger partial charge is 0.504 e. The van der Waals surface area contributed by atoms with E-state index in [1.165, 1.54) is 11.0 Å². The van der Waals surface area contributed by atoms with E-state index in [4.69, 9.17) is 4.74 Å². The van der Waals surface area contributed by atoms with Crippen LogP contribution in [0.5, 0.6) is 5.88 Å². The van der Waals surface area contributed by atoms with Crippen molar-refractivity contribution in [2.24, 2.45) is 24.3 Å². The number of esters is 1. The Bertz CT molecular complexity index is 1500. The molecule has 10 nitrogen and oxygen atoms in total. The maximum atomic E-state index is 13.3. The van der Waals surface area contributed by atoms with Crippen LogP contribution in [0.4, 0.5) is 5.69 Å². The zero-order valence-electron chi connectivity index (χ0n) is 22.7. The van der Waals surface area contributed by atoms with Crippen LogP contribution in [-0.2, 0) is 36.0 Å². The van der Waals surface area contributed by atoms with E-state index in [0.717, 1.165) is 11.4 Å². The van der Waals surface area contributed by atoms with E-state index in [-0.39, 0.29) is 51.7 Å². The zero-order chi connectivity index (χ0) is 27.7. The van der Waals surface area contributed by atoms with Crippen LogP contribution in [0.25, 0.3) is 5.76 Å². The monoisotopic (exact) mass is 580 g/mol. The molecule has 1 aliphatic heterocycles. The maximum Gasteiger partial charge on any atom is 2.00 e. The molecule has 0 atom stereocenters. The summed E-state index contributed by atoms with van der Waals surface area (Å²) in [5, 5.41) is 19.4. The number of aliphatic hydroxyl groups is 1. The quantitative estimate of drug-likeness (QED) is 0.0958. The van der Waals surface area contributed by atoms with Gasteiger partial charge in [0.05, 0.1) is 22.5 Å². The van der Waals surface area contributed by atoms with Crippen molar-refractivity contribution < 1.29 is 41.3 Å². The first kappa shape index (κ1) is 29.6. The predicted molar refractivity (Wildman–Crippen MR) is 141 cm³/mol. The molecule has 11 heteroatoms. The largest absolute Gasteiger partial charge is 2.00 e. The Kier molecular flexibility index (Phi) is 8.99. The van der Waals surface area contributed by atoms with Gasteiger partial charge in [-0.1, -0.05) is 19.9 Å². The number of carbonyl (C=O) groups is 3. The van der Waals surface area contributed by atoms with Gasteiger partial charge in [0.15, 0.2) is 5.76 Å². The molecule has 0 unspecified atom stereocenters. The number of aromatic nitrogens is 2. The Balaban J connectivity index is 0.00000420. The van der Waals surface area contributed by atoms with Crippen molar-refractivity contribution in [2.45, 2.75) is 46.6 Å². The van der Waals surface area contributed by atoms with Gasteiger partial charge in [0, 0.05) is 37.6 Å². The minimum atomic E-state index is -0.931. The van der Waals surface area contributed by atoms with Gasteiger partial charge in [0.25, 0.3) is 11.8 Å². The molecular weight excluding hydrogens is 550 g/mol.